The van der Waals surface area contributed by atoms with Crippen molar-refractivity contribution in [2.75, 3.05) is 4.90 Å². The van der Waals surface area contributed by atoms with Gasteiger partial charge in [0.05, 0.1) is 16.5 Å². The summed E-state index contributed by atoms with van der Waals surface area (Å²) in [4.78, 5) is 2.54. The van der Waals surface area contributed by atoms with E-state index in [1.54, 1.807) is 0 Å². The van der Waals surface area contributed by atoms with Crippen molar-refractivity contribution in [2.24, 2.45) is 0 Å². The summed E-state index contributed by atoms with van der Waals surface area (Å²) < 4.78 is 0. The van der Waals surface area contributed by atoms with E-state index in [0.717, 1.165) is 17.1 Å². The van der Waals surface area contributed by atoms with Gasteiger partial charge in [0.15, 0.2) is 0 Å². The maximum absolute atomic E-state index is 2.54. The highest BCUT2D eigenvalue weighted by Gasteiger charge is 2.48. The van der Waals surface area contributed by atoms with E-state index in [9.17, 15) is 0 Å². The van der Waals surface area contributed by atoms with Gasteiger partial charge in [-0.25, -0.2) is 0 Å². The molecule has 0 spiro atoms. The number of hydrogen-bond donors (Lipinski definition) is 0. The Hall–Kier alpha value is -8.00. The van der Waals surface area contributed by atoms with Gasteiger partial charge in [0.1, 0.15) is 0 Å². The highest BCUT2D eigenvalue weighted by Crippen LogP contribution is 2.60. The van der Waals surface area contributed by atoms with Crippen LogP contribution in [-0.4, -0.2) is 0 Å². The Kier molecular flexibility index (Phi) is 9.14. The molecule has 1 nitrogen and oxygen atoms in total. The van der Waals surface area contributed by atoms with Crippen molar-refractivity contribution < 1.29 is 0 Å². The van der Waals surface area contributed by atoms with Crippen LogP contribution in [0.4, 0.5) is 17.1 Å². The lowest BCUT2D eigenvalue weighted by Gasteiger charge is -2.36. The minimum Gasteiger partial charge on any atom is -0.310 e. The summed E-state index contributed by atoms with van der Waals surface area (Å²) >= 11 is 0. The summed E-state index contributed by atoms with van der Waals surface area (Å²) in [7, 11) is 0. The SMILES string of the molecule is C/C=C\C(=C/C)C1(c2ccccc2)c2ccccc2-c2ccc(N(c3ccc4c(c3)C(c3ccccc3)(c3ccccc3)c3ccccc3-4)c3cccc4ccc5ccccc5c34)cc21. The first-order valence-corrected chi connectivity index (χ1v) is 22.8. The zero-order chi connectivity index (χ0) is 43.5. The molecule has 2 aliphatic rings. The van der Waals surface area contributed by atoms with Crippen molar-refractivity contribution in [2.45, 2.75) is 24.7 Å². The molecule has 0 aromatic heterocycles. The first-order chi connectivity index (χ1) is 32.2. The highest BCUT2D eigenvalue weighted by atomic mass is 15.1. The average molecular weight is 830 g/mol. The summed E-state index contributed by atoms with van der Waals surface area (Å²) in [6.07, 6.45) is 6.81. The number of nitrogens with zero attached hydrogens (tertiary/aromatic N) is 1. The minimum atomic E-state index is -0.545. The van der Waals surface area contributed by atoms with Crippen molar-refractivity contribution >= 4 is 38.6 Å². The Morgan fingerprint density at radius 2 is 0.908 bits per heavy atom. The maximum atomic E-state index is 2.54. The van der Waals surface area contributed by atoms with Gasteiger partial charge < -0.3 is 4.90 Å². The lowest BCUT2D eigenvalue weighted by Crippen LogP contribution is -2.29. The van der Waals surface area contributed by atoms with Crippen LogP contribution < -0.4 is 4.90 Å². The maximum Gasteiger partial charge on any atom is 0.0714 e. The second-order valence-electron chi connectivity index (χ2n) is 17.4. The van der Waals surface area contributed by atoms with Crippen LogP contribution in [-0.2, 0) is 10.8 Å². The van der Waals surface area contributed by atoms with Crippen LogP contribution in [0.5, 0.6) is 0 Å². The second kappa shape index (κ2) is 15.4. The predicted molar refractivity (Wildman–Crippen MR) is 274 cm³/mol. The molecule has 0 bridgehead atoms. The molecule has 1 atom stereocenters. The van der Waals surface area contributed by atoms with E-state index in [2.05, 4.69) is 267 Å². The van der Waals surface area contributed by atoms with Crippen molar-refractivity contribution in [3.05, 3.63) is 293 Å². The van der Waals surface area contributed by atoms with E-state index >= 15 is 0 Å². The van der Waals surface area contributed by atoms with Gasteiger partial charge in [-0.2, -0.15) is 0 Å². The topological polar surface area (TPSA) is 3.24 Å². The quantitative estimate of drug-likeness (QED) is 0.109. The third kappa shape index (κ3) is 5.58. The van der Waals surface area contributed by atoms with Gasteiger partial charge >= 0.3 is 0 Å². The van der Waals surface area contributed by atoms with E-state index in [1.807, 2.05) is 0 Å². The molecule has 0 aliphatic heterocycles. The fraction of sp³-hybridized carbons (Fsp3) is 0.0625. The van der Waals surface area contributed by atoms with Gasteiger partial charge in [-0.05, 0) is 127 Å². The summed E-state index contributed by atoms with van der Waals surface area (Å²) in [6, 6.07) is 86.1. The monoisotopic (exact) mass is 829 g/mol. The molecule has 10 aromatic rings. The van der Waals surface area contributed by atoms with Gasteiger partial charge in [0.2, 0.25) is 0 Å². The molecule has 308 valence electrons. The molecule has 10 aromatic carbocycles. The van der Waals surface area contributed by atoms with E-state index < -0.39 is 10.8 Å². The van der Waals surface area contributed by atoms with Gasteiger partial charge in [-0.1, -0.05) is 218 Å². The number of rotatable bonds is 8. The molecule has 0 saturated carbocycles. The molecule has 65 heavy (non-hydrogen) atoms. The zero-order valence-electron chi connectivity index (χ0n) is 36.6. The molecule has 0 radical (unpaired) electrons. The normalized spacial score (nSPS) is 15.8. The van der Waals surface area contributed by atoms with Gasteiger partial charge in [-0.3, -0.25) is 0 Å². The second-order valence-corrected chi connectivity index (χ2v) is 17.4. The lowest BCUT2D eigenvalue weighted by atomic mass is 9.67. The predicted octanol–water partition coefficient (Wildman–Crippen LogP) is 16.7. The van der Waals surface area contributed by atoms with Crippen LogP contribution in [0.1, 0.15) is 52.8 Å². The van der Waals surface area contributed by atoms with Crippen LogP contribution in [0.2, 0.25) is 0 Å². The average Bonchev–Trinajstić information content (AvgIpc) is 3.84. The first kappa shape index (κ1) is 38.7. The van der Waals surface area contributed by atoms with E-state index in [1.165, 1.54) is 88.3 Å². The molecular formula is C64H47N. The number of hydrogen-bond acceptors (Lipinski definition) is 1. The van der Waals surface area contributed by atoms with Crippen molar-refractivity contribution in [3.63, 3.8) is 0 Å². The Labute approximate surface area is 381 Å². The van der Waals surface area contributed by atoms with E-state index in [-0.39, 0.29) is 0 Å². The van der Waals surface area contributed by atoms with Crippen molar-refractivity contribution in [1.29, 1.82) is 0 Å². The van der Waals surface area contributed by atoms with Gasteiger partial charge in [0, 0.05) is 16.8 Å². The number of allylic oxidation sites excluding steroid dienone is 4. The van der Waals surface area contributed by atoms with Crippen LogP contribution in [0.3, 0.4) is 0 Å². The van der Waals surface area contributed by atoms with Crippen LogP contribution in [0.25, 0.3) is 43.8 Å². The molecule has 12 rings (SSSR count). The smallest absolute Gasteiger partial charge is 0.0714 e. The summed E-state index contributed by atoms with van der Waals surface area (Å²) in [6.45, 7) is 4.32. The highest BCUT2D eigenvalue weighted by molar-refractivity contribution is 6.15. The van der Waals surface area contributed by atoms with E-state index in [0.29, 0.717) is 0 Å². The van der Waals surface area contributed by atoms with Gasteiger partial charge in [0.25, 0.3) is 0 Å². The van der Waals surface area contributed by atoms with Crippen LogP contribution >= 0.6 is 0 Å². The molecule has 0 heterocycles. The Balaban J connectivity index is 1.19. The number of anilines is 3. The Morgan fingerprint density at radius 3 is 1.57 bits per heavy atom. The van der Waals surface area contributed by atoms with Crippen LogP contribution in [0, 0.1) is 0 Å². The molecule has 0 saturated heterocycles. The fourth-order valence-electron chi connectivity index (χ4n) is 11.7. The molecule has 0 fully saturated rings. The minimum absolute atomic E-state index is 0.545. The lowest BCUT2D eigenvalue weighted by molar-refractivity contribution is 0.764. The Morgan fingerprint density at radius 1 is 0.400 bits per heavy atom. The molecule has 2 aliphatic carbocycles. The Bertz CT molecular complexity index is 3470. The molecule has 1 heteroatoms. The van der Waals surface area contributed by atoms with Crippen molar-refractivity contribution in [1.82, 2.24) is 0 Å². The van der Waals surface area contributed by atoms with Gasteiger partial charge in [-0.15, -0.1) is 0 Å². The molecule has 0 N–H and O–H groups in total. The zero-order valence-corrected chi connectivity index (χ0v) is 36.6. The summed E-state index contributed by atoms with van der Waals surface area (Å²) in [5.41, 5.74) is 17.5. The third-order valence-electron chi connectivity index (χ3n) is 14.3. The standard InChI is InChI=1S/C64H47N/c1-3-21-46(4-2)63(47-24-8-5-9-25-47)57-33-18-16-31-53(57)55-40-38-50(42-59(55)63)65(61-35-20-23-45-37-36-44-22-14-15-30-52(44)62(45)61)51-39-41-56-54-32-17-19-34-58(54)64(60(56)43-51,48-26-10-6-11-27-48)49-28-12-7-13-29-49/h3-43H,1-2H3/b21-3-,46-4+. The molecular weight excluding hydrogens is 783 g/mol. The summed E-state index contributed by atoms with van der Waals surface area (Å²) in [5.74, 6) is 0. The van der Waals surface area contributed by atoms with Crippen LogP contribution in [0.15, 0.2) is 254 Å². The third-order valence-corrected chi connectivity index (χ3v) is 14.3. The first-order valence-electron chi connectivity index (χ1n) is 22.8. The summed E-state index contributed by atoms with van der Waals surface area (Å²) in [5, 5.41) is 4.89. The molecule has 0 amide bonds. The number of benzene rings is 10. The van der Waals surface area contributed by atoms with Crippen molar-refractivity contribution in [3.8, 4) is 22.3 Å². The molecule has 1 unspecified atom stereocenters. The largest absolute Gasteiger partial charge is 0.310 e. The van der Waals surface area contributed by atoms with E-state index in [4.69, 9.17) is 0 Å². The fourth-order valence-corrected chi connectivity index (χ4v) is 11.7. The number of fused-ring (bicyclic) bond motifs is 9.